The van der Waals surface area contributed by atoms with E-state index in [4.69, 9.17) is 0 Å². The summed E-state index contributed by atoms with van der Waals surface area (Å²) < 4.78 is 0. The van der Waals surface area contributed by atoms with Crippen molar-refractivity contribution < 1.29 is 4.79 Å². The number of benzene rings is 1. The Balaban J connectivity index is 2.12. The second-order valence-electron chi connectivity index (χ2n) is 5.81. The number of pyridine rings is 1. The van der Waals surface area contributed by atoms with Crippen LogP contribution in [0.2, 0.25) is 0 Å². The molecule has 2 heteroatoms. The summed E-state index contributed by atoms with van der Waals surface area (Å²) in [4.78, 5) is 16.0. The van der Waals surface area contributed by atoms with Gasteiger partial charge < -0.3 is 0 Å². The molecule has 0 N–H and O–H groups in total. The second kappa shape index (κ2) is 5.83. The van der Waals surface area contributed by atoms with Gasteiger partial charge in [-0.3, -0.25) is 9.78 Å². The molecular formula is C18H19NO. The van der Waals surface area contributed by atoms with Gasteiger partial charge in [-0.1, -0.05) is 51.1 Å². The quantitative estimate of drug-likeness (QED) is 0.612. The molecule has 1 heterocycles. The monoisotopic (exact) mass is 265 g/mol. The summed E-state index contributed by atoms with van der Waals surface area (Å²) >= 11 is 0. The summed E-state index contributed by atoms with van der Waals surface area (Å²) in [6.07, 6.45) is 6.83. The maximum absolute atomic E-state index is 12.1. The molecule has 1 aromatic carbocycles. The zero-order chi connectivity index (χ0) is 14.6. The van der Waals surface area contributed by atoms with Gasteiger partial charge in [0.1, 0.15) is 0 Å². The van der Waals surface area contributed by atoms with E-state index >= 15 is 0 Å². The van der Waals surface area contributed by atoms with Crippen LogP contribution in [0, 0.1) is 0 Å². The Bertz CT molecular complexity index is 604. The molecule has 0 aliphatic carbocycles. The van der Waals surface area contributed by atoms with Crippen molar-refractivity contribution in [2.24, 2.45) is 0 Å². The molecular weight excluding hydrogens is 246 g/mol. The van der Waals surface area contributed by atoms with Crippen LogP contribution in [-0.4, -0.2) is 10.8 Å². The minimum absolute atomic E-state index is 0.0160. The largest absolute Gasteiger partial charge is 0.289 e. The Morgan fingerprint density at radius 2 is 1.60 bits per heavy atom. The first-order chi connectivity index (χ1) is 9.47. The van der Waals surface area contributed by atoms with Gasteiger partial charge in [0.25, 0.3) is 0 Å². The fourth-order valence-electron chi connectivity index (χ4n) is 1.88. The third-order valence-corrected chi connectivity index (χ3v) is 3.17. The smallest absolute Gasteiger partial charge is 0.185 e. The van der Waals surface area contributed by atoms with Gasteiger partial charge in [0.2, 0.25) is 0 Å². The highest BCUT2D eigenvalue weighted by molar-refractivity contribution is 6.06. The lowest BCUT2D eigenvalue weighted by atomic mass is 9.86. The first kappa shape index (κ1) is 14.2. The predicted octanol–water partition coefficient (Wildman–Crippen LogP) is 4.28. The van der Waals surface area contributed by atoms with E-state index in [0.29, 0.717) is 5.56 Å². The zero-order valence-electron chi connectivity index (χ0n) is 12.1. The Labute approximate surface area is 120 Å². The maximum Gasteiger partial charge on any atom is 0.185 e. The average Bonchev–Trinajstić information content (AvgIpc) is 2.45. The van der Waals surface area contributed by atoms with Crippen molar-refractivity contribution in [2.75, 3.05) is 0 Å². The topological polar surface area (TPSA) is 30.0 Å². The highest BCUT2D eigenvalue weighted by Gasteiger charge is 2.13. The van der Waals surface area contributed by atoms with Gasteiger partial charge in [-0.15, -0.1) is 0 Å². The van der Waals surface area contributed by atoms with Gasteiger partial charge in [-0.05, 0) is 34.8 Å². The van der Waals surface area contributed by atoms with Gasteiger partial charge >= 0.3 is 0 Å². The van der Waals surface area contributed by atoms with Crippen LogP contribution < -0.4 is 0 Å². The van der Waals surface area contributed by atoms with Gasteiger partial charge in [0, 0.05) is 18.0 Å². The van der Waals surface area contributed by atoms with Gasteiger partial charge in [-0.2, -0.15) is 0 Å². The number of nitrogens with zero attached hydrogens (tertiary/aromatic N) is 1. The van der Waals surface area contributed by atoms with E-state index in [1.807, 2.05) is 42.5 Å². The van der Waals surface area contributed by atoms with Crippen molar-refractivity contribution in [3.05, 3.63) is 71.6 Å². The minimum Gasteiger partial charge on any atom is -0.289 e. The molecule has 2 rings (SSSR count). The summed E-state index contributed by atoms with van der Waals surface area (Å²) in [5.74, 6) is 0.0160. The summed E-state index contributed by atoms with van der Waals surface area (Å²) in [5, 5.41) is 0. The number of carbonyl (C=O) groups is 1. The van der Waals surface area contributed by atoms with Crippen molar-refractivity contribution in [2.45, 2.75) is 26.2 Å². The Morgan fingerprint density at radius 1 is 1.00 bits per heavy atom. The predicted molar refractivity (Wildman–Crippen MR) is 82.7 cm³/mol. The van der Waals surface area contributed by atoms with Crippen LogP contribution in [0.4, 0.5) is 0 Å². The standard InChI is InChI=1S/C18H19NO/c1-18(2,3)16-7-5-15(6-8-16)17(20)9-4-14-10-12-19-13-11-14/h4-13H,1-3H3/b9-4+. The van der Waals surface area contributed by atoms with Crippen LogP contribution >= 0.6 is 0 Å². The highest BCUT2D eigenvalue weighted by Crippen LogP contribution is 2.22. The summed E-state index contributed by atoms with van der Waals surface area (Å²) in [6.45, 7) is 6.48. The fraction of sp³-hybridized carbons (Fsp3) is 0.222. The maximum atomic E-state index is 12.1. The number of carbonyl (C=O) groups excluding carboxylic acids is 1. The van der Waals surface area contributed by atoms with E-state index in [1.165, 1.54) is 5.56 Å². The van der Waals surface area contributed by atoms with E-state index in [9.17, 15) is 4.79 Å². The van der Waals surface area contributed by atoms with E-state index < -0.39 is 0 Å². The van der Waals surface area contributed by atoms with Crippen LogP contribution in [0.3, 0.4) is 0 Å². The normalized spacial score (nSPS) is 11.8. The van der Waals surface area contributed by atoms with Gasteiger partial charge in [0.05, 0.1) is 0 Å². The Kier molecular flexibility index (Phi) is 4.14. The minimum atomic E-state index is 0.0160. The Hall–Kier alpha value is -2.22. The molecule has 0 saturated carbocycles. The number of aromatic nitrogens is 1. The fourth-order valence-corrected chi connectivity index (χ4v) is 1.88. The second-order valence-corrected chi connectivity index (χ2v) is 5.81. The number of hydrogen-bond donors (Lipinski definition) is 0. The number of allylic oxidation sites excluding steroid dienone is 1. The van der Waals surface area contributed by atoms with E-state index in [0.717, 1.165) is 5.56 Å². The lowest BCUT2D eigenvalue weighted by Crippen LogP contribution is -2.11. The molecule has 0 fully saturated rings. The van der Waals surface area contributed by atoms with Crippen LogP contribution in [-0.2, 0) is 5.41 Å². The van der Waals surface area contributed by atoms with E-state index in [1.54, 1.807) is 18.5 Å². The molecule has 0 atom stereocenters. The van der Waals surface area contributed by atoms with Crippen molar-refractivity contribution in [3.63, 3.8) is 0 Å². The average molecular weight is 265 g/mol. The number of ketones is 1. The molecule has 0 saturated heterocycles. The first-order valence-electron chi connectivity index (χ1n) is 6.70. The third-order valence-electron chi connectivity index (χ3n) is 3.17. The van der Waals surface area contributed by atoms with Crippen LogP contribution in [0.15, 0.2) is 54.9 Å². The lowest BCUT2D eigenvalue weighted by molar-refractivity contribution is 0.104. The van der Waals surface area contributed by atoms with Crippen LogP contribution in [0.5, 0.6) is 0 Å². The van der Waals surface area contributed by atoms with Crippen molar-refractivity contribution >= 4 is 11.9 Å². The van der Waals surface area contributed by atoms with Crippen LogP contribution in [0.25, 0.3) is 6.08 Å². The first-order valence-corrected chi connectivity index (χ1v) is 6.70. The number of rotatable bonds is 3. The molecule has 102 valence electrons. The zero-order valence-corrected chi connectivity index (χ0v) is 12.1. The summed E-state index contributed by atoms with van der Waals surface area (Å²) in [5.41, 5.74) is 3.02. The van der Waals surface area contributed by atoms with Gasteiger partial charge in [0.15, 0.2) is 5.78 Å². The van der Waals surface area contributed by atoms with Crippen molar-refractivity contribution in [3.8, 4) is 0 Å². The molecule has 0 spiro atoms. The van der Waals surface area contributed by atoms with Crippen LogP contribution in [0.1, 0.15) is 42.3 Å². The molecule has 0 aliphatic rings. The van der Waals surface area contributed by atoms with E-state index in [2.05, 4.69) is 25.8 Å². The molecule has 0 unspecified atom stereocenters. The van der Waals surface area contributed by atoms with Crippen molar-refractivity contribution in [1.82, 2.24) is 4.98 Å². The van der Waals surface area contributed by atoms with Crippen molar-refractivity contribution in [1.29, 1.82) is 0 Å². The lowest BCUT2D eigenvalue weighted by Gasteiger charge is -2.18. The Morgan fingerprint density at radius 3 is 2.15 bits per heavy atom. The summed E-state index contributed by atoms with van der Waals surface area (Å²) in [7, 11) is 0. The molecule has 0 radical (unpaired) electrons. The number of hydrogen-bond acceptors (Lipinski definition) is 2. The molecule has 2 aromatic rings. The molecule has 0 aliphatic heterocycles. The summed E-state index contributed by atoms with van der Waals surface area (Å²) in [6, 6.07) is 11.6. The molecule has 0 bridgehead atoms. The molecule has 20 heavy (non-hydrogen) atoms. The molecule has 1 aromatic heterocycles. The third kappa shape index (κ3) is 3.64. The SMILES string of the molecule is CC(C)(C)c1ccc(C(=O)/C=C/c2ccncc2)cc1. The molecule has 2 nitrogen and oxygen atoms in total. The molecule has 0 amide bonds. The highest BCUT2D eigenvalue weighted by atomic mass is 16.1. The van der Waals surface area contributed by atoms with E-state index in [-0.39, 0.29) is 11.2 Å². The van der Waals surface area contributed by atoms with Gasteiger partial charge in [-0.25, -0.2) is 0 Å².